The Morgan fingerprint density at radius 2 is 2.24 bits per heavy atom. The lowest BCUT2D eigenvalue weighted by atomic mass is 9.97. The molecular formula is C15H15N2. The summed E-state index contributed by atoms with van der Waals surface area (Å²) in [5, 5.41) is 4.86. The van der Waals surface area contributed by atoms with E-state index in [2.05, 4.69) is 23.5 Å². The highest BCUT2D eigenvalue weighted by Gasteiger charge is 2.33. The zero-order chi connectivity index (χ0) is 11.2. The molecule has 1 aromatic heterocycles. The van der Waals surface area contributed by atoms with Gasteiger partial charge in [-0.15, -0.1) is 0 Å². The fourth-order valence-electron chi connectivity index (χ4n) is 2.83. The summed E-state index contributed by atoms with van der Waals surface area (Å²) in [6, 6.07) is 12.1. The van der Waals surface area contributed by atoms with Crippen molar-refractivity contribution in [2.45, 2.75) is 31.7 Å². The lowest BCUT2D eigenvalue weighted by Crippen LogP contribution is -2.28. The maximum Gasteiger partial charge on any atom is 0.130 e. The largest absolute Gasteiger partial charge is 0.367 e. The molecule has 2 aliphatic rings. The predicted molar refractivity (Wildman–Crippen MR) is 69.0 cm³/mol. The number of fused-ring (bicyclic) bond motifs is 2. The number of aromatic nitrogens is 1. The monoisotopic (exact) mass is 223 g/mol. The Morgan fingerprint density at radius 3 is 3.12 bits per heavy atom. The van der Waals surface area contributed by atoms with Crippen LogP contribution in [0.1, 0.15) is 24.8 Å². The first-order chi connectivity index (χ1) is 8.40. The van der Waals surface area contributed by atoms with Crippen LogP contribution in [0.15, 0.2) is 24.3 Å². The molecular weight excluding hydrogens is 208 g/mol. The van der Waals surface area contributed by atoms with Crippen molar-refractivity contribution in [3.05, 3.63) is 35.9 Å². The number of benzene rings is 1. The van der Waals surface area contributed by atoms with E-state index < -0.39 is 0 Å². The van der Waals surface area contributed by atoms with Crippen LogP contribution in [0.25, 0.3) is 10.9 Å². The topological polar surface area (TPSA) is 24.9 Å². The Hall–Kier alpha value is -1.57. The molecule has 0 unspecified atom stereocenters. The number of aryl methyl sites for hydroxylation is 1. The molecule has 1 saturated carbocycles. The van der Waals surface area contributed by atoms with Crippen LogP contribution in [0.2, 0.25) is 0 Å². The fourth-order valence-corrected chi connectivity index (χ4v) is 2.83. The van der Waals surface area contributed by atoms with E-state index in [0.717, 1.165) is 17.3 Å². The smallest absolute Gasteiger partial charge is 0.130 e. The highest BCUT2D eigenvalue weighted by molar-refractivity contribution is 5.81. The number of nitrogens with one attached hydrogen (secondary N) is 1. The van der Waals surface area contributed by atoms with Crippen LogP contribution in [0.5, 0.6) is 0 Å². The number of hydrogen-bond acceptors (Lipinski definition) is 2. The van der Waals surface area contributed by atoms with Gasteiger partial charge in [0, 0.05) is 11.4 Å². The van der Waals surface area contributed by atoms with E-state index in [-0.39, 0.29) is 0 Å². The van der Waals surface area contributed by atoms with Gasteiger partial charge in [-0.25, -0.2) is 4.98 Å². The molecule has 0 saturated heterocycles. The predicted octanol–water partition coefficient (Wildman–Crippen LogP) is 3.17. The summed E-state index contributed by atoms with van der Waals surface area (Å²) >= 11 is 0. The van der Waals surface area contributed by atoms with Crippen LogP contribution in [0.4, 0.5) is 5.82 Å². The lowest BCUT2D eigenvalue weighted by molar-refractivity contribution is 0.566. The van der Waals surface area contributed by atoms with E-state index in [4.69, 9.17) is 4.98 Å². The van der Waals surface area contributed by atoms with Crippen molar-refractivity contribution < 1.29 is 0 Å². The van der Waals surface area contributed by atoms with Crippen molar-refractivity contribution in [3.8, 4) is 0 Å². The van der Waals surface area contributed by atoms with Crippen LogP contribution in [-0.2, 0) is 6.42 Å². The molecule has 2 heteroatoms. The summed E-state index contributed by atoms with van der Waals surface area (Å²) in [6.07, 6.45) is 5.23. The van der Waals surface area contributed by atoms with Crippen molar-refractivity contribution in [1.82, 2.24) is 4.98 Å². The maximum atomic E-state index is 4.73. The summed E-state index contributed by atoms with van der Waals surface area (Å²) in [7, 11) is 0. The van der Waals surface area contributed by atoms with Gasteiger partial charge in [0.15, 0.2) is 0 Å². The van der Waals surface area contributed by atoms with Crippen molar-refractivity contribution in [3.63, 3.8) is 0 Å². The molecule has 17 heavy (non-hydrogen) atoms. The van der Waals surface area contributed by atoms with E-state index >= 15 is 0 Å². The van der Waals surface area contributed by atoms with E-state index in [0.29, 0.717) is 6.04 Å². The number of pyridine rings is 1. The Kier molecular flexibility index (Phi) is 1.92. The maximum absolute atomic E-state index is 4.73. The molecule has 1 aliphatic heterocycles. The van der Waals surface area contributed by atoms with Crippen molar-refractivity contribution >= 4 is 16.7 Å². The fraction of sp³-hybridized carbons (Fsp3) is 0.400. The van der Waals surface area contributed by atoms with Gasteiger partial charge in [0.1, 0.15) is 5.82 Å². The van der Waals surface area contributed by atoms with Crippen LogP contribution in [0.3, 0.4) is 0 Å². The minimum absolute atomic E-state index is 0.667. The summed E-state index contributed by atoms with van der Waals surface area (Å²) in [6.45, 7) is 0. The molecule has 0 amide bonds. The highest BCUT2D eigenvalue weighted by Crippen LogP contribution is 2.39. The van der Waals surface area contributed by atoms with Gasteiger partial charge in [0.25, 0.3) is 0 Å². The average molecular weight is 223 g/mol. The average Bonchev–Trinajstić information content (AvgIpc) is 3.20. The standard InChI is InChI=1S/C15H15N2/c1-2-4-13-11(3-1)9-12-7-8-14(10-5-6-10)17-15(12)16-13/h1,3-4,9-10,14H,5-8H2,(H,16,17)/t14-/m0/s1. The second-order valence-corrected chi connectivity index (χ2v) is 5.24. The van der Waals surface area contributed by atoms with E-state index in [1.54, 1.807) is 0 Å². The summed E-state index contributed by atoms with van der Waals surface area (Å²) < 4.78 is 0. The van der Waals surface area contributed by atoms with Gasteiger partial charge >= 0.3 is 0 Å². The number of nitrogens with zero attached hydrogens (tertiary/aromatic N) is 1. The van der Waals surface area contributed by atoms with Gasteiger partial charge < -0.3 is 5.32 Å². The Bertz CT molecular complexity index is 572. The molecule has 2 heterocycles. The molecule has 1 aliphatic carbocycles. The molecule has 2 aromatic rings. The van der Waals surface area contributed by atoms with Gasteiger partial charge in [-0.1, -0.05) is 12.1 Å². The SMILES string of the molecule is [c]1ccc2cc3c(nc2c1)N[C@H](C1CC1)CC3. The molecule has 2 nitrogen and oxygen atoms in total. The van der Waals surface area contributed by atoms with Gasteiger partial charge in [-0.2, -0.15) is 0 Å². The Balaban J connectivity index is 1.78. The second kappa shape index (κ2) is 3.46. The summed E-state index contributed by atoms with van der Waals surface area (Å²) in [4.78, 5) is 4.73. The molecule has 0 bridgehead atoms. The second-order valence-electron chi connectivity index (χ2n) is 5.24. The first-order valence-electron chi connectivity index (χ1n) is 6.46. The van der Waals surface area contributed by atoms with Gasteiger partial charge in [0.05, 0.1) is 5.52 Å². The zero-order valence-electron chi connectivity index (χ0n) is 9.74. The molecule has 1 radical (unpaired) electrons. The van der Waals surface area contributed by atoms with Gasteiger partial charge in [-0.05, 0) is 55.4 Å². The molecule has 1 fully saturated rings. The third kappa shape index (κ3) is 1.59. The van der Waals surface area contributed by atoms with Crippen LogP contribution < -0.4 is 5.32 Å². The normalized spacial score (nSPS) is 23.2. The lowest BCUT2D eigenvalue weighted by Gasteiger charge is -2.26. The summed E-state index contributed by atoms with van der Waals surface area (Å²) in [5.41, 5.74) is 2.43. The quantitative estimate of drug-likeness (QED) is 0.803. The molecule has 85 valence electrons. The van der Waals surface area contributed by atoms with Gasteiger partial charge in [-0.3, -0.25) is 0 Å². The third-order valence-electron chi connectivity index (χ3n) is 3.98. The van der Waals surface area contributed by atoms with E-state index in [9.17, 15) is 0 Å². The number of anilines is 1. The molecule has 1 N–H and O–H groups in total. The van der Waals surface area contributed by atoms with Crippen LogP contribution in [0, 0.1) is 12.0 Å². The Labute approximate surface area is 101 Å². The third-order valence-corrected chi connectivity index (χ3v) is 3.98. The Morgan fingerprint density at radius 1 is 1.29 bits per heavy atom. The van der Waals surface area contributed by atoms with Crippen molar-refractivity contribution in [2.75, 3.05) is 5.32 Å². The van der Waals surface area contributed by atoms with Gasteiger partial charge in [0.2, 0.25) is 0 Å². The minimum Gasteiger partial charge on any atom is -0.367 e. The van der Waals surface area contributed by atoms with Crippen LogP contribution in [-0.4, -0.2) is 11.0 Å². The van der Waals surface area contributed by atoms with Crippen LogP contribution >= 0.6 is 0 Å². The zero-order valence-corrected chi connectivity index (χ0v) is 9.74. The number of rotatable bonds is 1. The minimum atomic E-state index is 0.667. The first-order valence-corrected chi connectivity index (χ1v) is 6.46. The van der Waals surface area contributed by atoms with Crippen molar-refractivity contribution in [2.24, 2.45) is 5.92 Å². The first kappa shape index (κ1) is 9.46. The summed E-state index contributed by atoms with van der Waals surface area (Å²) in [5.74, 6) is 2.02. The van der Waals surface area contributed by atoms with Crippen molar-refractivity contribution in [1.29, 1.82) is 0 Å². The molecule has 4 rings (SSSR count). The number of hydrogen-bond donors (Lipinski definition) is 1. The van der Waals surface area contributed by atoms with E-state index in [1.165, 1.54) is 36.6 Å². The molecule has 1 atom stereocenters. The molecule has 1 aromatic carbocycles. The van der Waals surface area contributed by atoms with E-state index in [1.807, 2.05) is 12.1 Å². The molecule has 0 spiro atoms. The highest BCUT2D eigenvalue weighted by atomic mass is 15.0.